The molecule has 0 saturated carbocycles. The summed E-state index contributed by atoms with van der Waals surface area (Å²) in [5.74, 6) is 3.05. The van der Waals surface area contributed by atoms with Crippen molar-refractivity contribution in [2.24, 2.45) is 0 Å². The van der Waals surface area contributed by atoms with E-state index < -0.39 is 0 Å². The molecule has 4 aromatic rings. The Morgan fingerprint density at radius 2 is 1.16 bits per heavy atom. The van der Waals surface area contributed by atoms with Gasteiger partial charge in [-0.3, -0.25) is 0 Å². The van der Waals surface area contributed by atoms with Crippen LogP contribution in [-0.2, 0) is 5.41 Å². The van der Waals surface area contributed by atoms with E-state index in [-0.39, 0.29) is 5.41 Å². The molecule has 0 saturated heterocycles. The molecule has 0 aliphatic carbocycles. The highest BCUT2D eigenvalue weighted by atomic mass is 16.5. The van der Waals surface area contributed by atoms with Crippen molar-refractivity contribution in [3.63, 3.8) is 0 Å². The number of anilines is 2. The molecule has 0 fully saturated rings. The van der Waals surface area contributed by atoms with Crippen molar-refractivity contribution in [2.45, 2.75) is 26.2 Å². The lowest BCUT2D eigenvalue weighted by Gasteiger charge is -2.27. The maximum absolute atomic E-state index is 6.04. The first-order chi connectivity index (χ1) is 15.3. The molecule has 162 valence electrons. The van der Waals surface area contributed by atoms with E-state index in [0.717, 1.165) is 28.6 Å². The third-order valence-corrected chi connectivity index (χ3v) is 5.65. The van der Waals surface area contributed by atoms with Gasteiger partial charge in [-0.1, -0.05) is 50.2 Å². The Morgan fingerprint density at radius 1 is 0.594 bits per heavy atom. The summed E-state index contributed by atoms with van der Waals surface area (Å²) < 4.78 is 12.0. The van der Waals surface area contributed by atoms with Gasteiger partial charge in [0.2, 0.25) is 0 Å². The number of hydrogen-bond acceptors (Lipinski definition) is 4. The maximum atomic E-state index is 6.04. The topological polar surface area (TPSA) is 70.5 Å². The molecule has 4 N–H and O–H groups in total. The molecule has 0 spiro atoms. The predicted octanol–water partition coefficient (Wildman–Crippen LogP) is 7.07. The highest BCUT2D eigenvalue weighted by Crippen LogP contribution is 2.36. The third-order valence-electron chi connectivity index (χ3n) is 5.65. The molecule has 0 aromatic heterocycles. The zero-order valence-electron chi connectivity index (χ0n) is 18.6. The fourth-order valence-corrected chi connectivity index (χ4v) is 3.68. The van der Waals surface area contributed by atoms with Crippen molar-refractivity contribution in [1.82, 2.24) is 0 Å². The van der Waals surface area contributed by atoms with Gasteiger partial charge < -0.3 is 20.9 Å². The quantitative estimate of drug-likeness (QED) is 0.325. The molecule has 0 atom stereocenters. The Bertz CT molecular complexity index is 1230. The first-order valence-electron chi connectivity index (χ1n) is 10.6. The van der Waals surface area contributed by atoms with Crippen LogP contribution in [0.5, 0.6) is 23.0 Å². The van der Waals surface area contributed by atoms with Crippen LogP contribution < -0.4 is 20.9 Å². The van der Waals surface area contributed by atoms with Crippen LogP contribution in [0.15, 0.2) is 91.0 Å². The second-order valence-electron chi connectivity index (χ2n) is 8.48. The molecular formula is C28H28N2O2. The summed E-state index contributed by atoms with van der Waals surface area (Å²) in [5.41, 5.74) is 16.3. The average molecular weight is 425 g/mol. The van der Waals surface area contributed by atoms with Gasteiger partial charge in [0.15, 0.2) is 0 Å². The zero-order chi connectivity index (χ0) is 22.7. The molecule has 4 aromatic carbocycles. The molecular weight excluding hydrogens is 396 g/mol. The van der Waals surface area contributed by atoms with Gasteiger partial charge in [-0.15, -0.1) is 0 Å². The molecule has 0 heterocycles. The van der Waals surface area contributed by atoms with Gasteiger partial charge in [0.25, 0.3) is 0 Å². The number of rotatable bonds is 6. The van der Waals surface area contributed by atoms with Gasteiger partial charge in [0.1, 0.15) is 23.0 Å². The number of aryl methyl sites for hydroxylation is 1. The van der Waals surface area contributed by atoms with E-state index in [1.807, 2.05) is 66.7 Å². The Morgan fingerprint density at radius 3 is 1.72 bits per heavy atom. The lowest BCUT2D eigenvalue weighted by atomic mass is 9.77. The van der Waals surface area contributed by atoms with E-state index >= 15 is 0 Å². The van der Waals surface area contributed by atoms with Crippen LogP contribution in [0.1, 0.15) is 30.5 Å². The molecule has 0 aliphatic heterocycles. The Kier molecular flexibility index (Phi) is 5.78. The molecule has 0 unspecified atom stereocenters. The molecule has 4 rings (SSSR count). The van der Waals surface area contributed by atoms with E-state index in [4.69, 9.17) is 20.9 Å². The molecule has 0 radical (unpaired) electrons. The van der Waals surface area contributed by atoms with Gasteiger partial charge >= 0.3 is 0 Å². The number of hydrogen-bond donors (Lipinski definition) is 2. The minimum Gasteiger partial charge on any atom is -0.457 e. The average Bonchev–Trinajstić information content (AvgIpc) is 2.75. The minimum absolute atomic E-state index is 0.184. The van der Waals surface area contributed by atoms with E-state index in [0.29, 0.717) is 11.4 Å². The first-order valence-corrected chi connectivity index (χ1v) is 10.6. The van der Waals surface area contributed by atoms with Gasteiger partial charge in [0, 0.05) is 28.9 Å². The largest absolute Gasteiger partial charge is 0.457 e. The summed E-state index contributed by atoms with van der Waals surface area (Å²) >= 11 is 0. The Hall–Kier alpha value is -3.92. The molecule has 0 bridgehead atoms. The number of nitrogens with two attached hydrogens (primary N) is 2. The fraction of sp³-hybridized carbons (Fsp3) is 0.143. The van der Waals surface area contributed by atoms with Crippen molar-refractivity contribution in [3.05, 3.63) is 108 Å². The summed E-state index contributed by atoms with van der Waals surface area (Å²) in [4.78, 5) is 0. The molecule has 32 heavy (non-hydrogen) atoms. The maximum Gasteiger partial charge on any atom is 0.130 e. The van der Waals surface area contributed by atoms with Crippen LogP contribution in [0.3, 0.4) is 0 Å². The number of nitrogen functional groups attached to an aromatic ring is 2. The zero-order valence-corrected chi connectivity index (χ0v) is 18.6. The van der Waals surface area contributed by atoms with E-state index in [2.05, 4.69) is 45.0 Å². The summed E-state index contributed by atoms with van der Waals surface area (Å²) in [6, 6.07) is 29.4. The predicted molar refractivity (Wildman–Crippen MR) is 132 cm³/mol. The van der Waals surface area contributed by atoms with E-state index in [1.165, 1.54) is 11.1 Å². The molecule has 0 aliphatic rings. The second kappa shape index (κ2) is 8.67. The fourth-order valence-electron chi connectivity index (χ4n) is 3.68. The van der Waals surface area contributed by atoms with Gasteiger partial charge in [-0.05, 0) is 66.1 Å². The standard InChI is InChI=1S/C28H28N2O2/c1-19-16-21(12-15-27(19)32-26-9-5-7-23(30)18-26)28(2,3)20-10-13-24(14-11-20)31-25-8-4-6-22(29)17-25/h4-18H,29-30H2,1-3H3. The van der Waals surface area contributed by atoms with Crippen molar-refractivity contribution in [3.8, 4) is 23.0 Å². The van der Waals surface area contributed by atoms with Crippen molar-refractivity contribution >= 4 is 11.4 Å². The van der Waals surface area contributed by atoms with Crippen LogP contribution in [-0.4, -0.2) is 0 Å². The minimum atomic E-state index is -0.184. The van der Waals surface area contributed by atoms with E-state index in [1.54, 1.807) is 0 Å². The van der Waals surface area contributed by atoms with Crippen molar-refractivity contribution in [2.75, 3.05) is 11.5 Å². The van der Waals surface area contributed by atoms with Crippen molar-refractivity contribution < 1.29 is 9.47 Å². The molecule has 4 heteroatoms. The summed E-state index contributed by atoms with van der Waals surface area (Å²) in [7, 11) is 0. The van der Waals surface area contributed by atoms with Crippen LogP contribution in [0.25, 0.3) is 0 Å². The van der Waals surface area contributed by atoms with Crippen LogP contribution >= 0.6 is 0 Å². The SMILES string of the molecule is Cc1cc(C(C)(C)c2ccc(Oc3cccc(N)c3)cc2)ccc1Oc1cccc(N)c1. The molecule has 4 nitrogen and oxygen atoms in total. The van der Waals surface area contributed by atoms with Gasteiger partial charge in [0.05, 0.1) is 0 Å². The monoisotopic (exact) mass is 424 g/mol. The van der Waals surface area contributed by atoms with Crippen LogP contribution in [0, 0.1) is 6.92 Å². The summed E-state index contributed by atoms with van der Waals surface area (Å²) in [5, 5.41) is 0. The lowest BCUT2D eigenvalue weighted by Crippen LogP contribution is -2.19. The smallest absolute Gasteiger partial charge is 0.130 e. The van der Waals surface area contributed by atoms with Crippen LogP contribution in [0.4, 0.5) is 11.4 Å². The number of benzene rings is 4. The van der Waals surface area contributed by atoms with Gasteiger partial charge in [-0.2, -0.15) is 0 Å². The van der Waals surface area contributed by atoms with Gasteiger partial charge in [-0.25, -0.2) is 0 Å². The Labute approximate surface area is 189 Å². The first kappa shape index (κ1) is 21.3. The van der Waals surface area contributed by atoms with Crippen molar-refractivity contribution in [1.29, 1.82) is 0 Å². The third kappa shape index (κ3) is 4.70. The highest BCUT2D eigenvalue weighted by Gasteiger charge is 2.24. The Balaban J connectivity index is 1.53. The van der Waals surface area contributed by atoms with Crippen LogP contribution in [0.2, 0.25) is 0 Å². The summed E-state index contributed by atoms with van der Waals surface area (Å²) in [6.45, 7) is 6.49. The highest BCUT2D eigenvalue weighted by molar-refractivity contribution is 5.49. The summed E-state index contributed by atoms with van der Waals surface area (Å²) in [6.07, 6.45) is 0. The molecule has 0 amide bonds. The normalized spacial score (nSPS) is 11.2. The second-order valence-corrected chi connectivity index (χ2v) is 8.48. The van der Waals surface area contributed by atoms with E-state index in [9.17, 15) is 0 Å². The number of ether oxygens (including phenoxy) is 2. The lowest BCUT2D eigenvalue weighted by molar-refractivity contribution is 0.478.